The van der Waals surface area contributed by atoms with E-state index in [2.05, 4.69) is 16.0 Å². The third-order valence-corrected chi connectivity index (χ3v) is 3.31. The Labute approximate surface area is 145 Å². The van der Waals surface area contributed by atoms with E-state index in [1.54, 1.807) is 55.5 Å². The van der Waals surface area contributed by atoms with Crippen LogP contribution < -0.4 is 20.7 Å². The number of nitrogens with one attached hydrogen (secondary N) is 3. The largest absolute Gasteiger partial charge is 0.457 e. The third kappa shape index (κ3) is 5.25. The number of hydrogen-bond donors (Lipinski definition) is 3. The SMILES string of the molecule is CNC(=O)NC(=O)[C@@H](C)Nc1ccc(Oc2ccc(C#N)cc2)cc1. The summed E-state index contributed by atoms with van der Waals surface area (Å²) in [5.74, 6) is 0.813. The predicted octanol–water partition coefficient (Wildman–Crippen LogP) is 2.61. The van der Waals surface area contributed by atoms with Gasteiger partial charge in [0.15, 0.2) is 0 Å². The molecule has 0 radical (unpaired) electrons. The lowest BCUT2D eigenvalue weighted by Crippen LogP contribution is -2.44. The molecule has 2 rings (SSSR count). The van der Waals surface area contributed by atoms with E-state index in [-0.39, 0.29) is 0 Å². The van der Waals surface area contributed by atoms with Gasteiger partial charge in [-0.1, -0.05) is 0 Å². The van der Waals surface area contributed by atoms with Crippen LogP contribution in [0.3, 0.4) is 0 Å². The van der Waals surface area contributed by atoms with E-state index < -0.39 is 18.0 Å². The predicted molar refractivity (Wildman–Crippen MR) is 93.4 cm³/mol. The van der Waals surface area contributed by atoms with Crippen molar-refractivity contribution in [2.45, 2.75) is 13.0 Å². The van der Waals surface area contributed by atoms with Crippen LogP contribution in [-0.2, 0) is 4.79 Å². The average molecular weight is 338 g/mol. The molecule has 0 aliphatic heterocycles. The molecule has 0 aliphatic rings. The maximum Gasteiger partial charge on any atom is 0.321 e. The summed E-state index contributed by atoms with van der Waals surface area (Å²) < 4.78 is 5.68. The summed E-state index contributed by atoms with van der Waals surface area (Å²) in [5.41, 5.74) is 1.28. The molecule has 25 heavy (non-hydrogen) atoms. The lowest BCUT2D eigenvalue weighted by atomic mass is 10.2. The van der Waals surface area contributed by atoms with Crippen molar-refractivity contribution in [1.82, 2.24) is 10.6 Å². The number of hydrogen-bond acceptors (Lipinski definition) is 5. The fourth-order valence-electron chi connectivity index (χ4n) is 1.95. The summed E-state index contributed by atoms with van der Waals surface area (Å²) in [6.45, 7) is 1.65. The molecule has 0 unspecified atom stereocenters. The second-order valence-corrected chi connectivity index (χ2v) is 5.20. The topological polar surface area (TPSA) is 103 Å². The Morgan fingerprint density at radius 1 is 1.04 bits per heavy atom. The van der Waals surface area contributed by atoms with Gasteiger partial charge in [0, 0.05) is 12.7 Å². The van der Waals surface area contributed by atoms with E-state index in [1.807, 2.05) is 6.07 Å². The highest BCUT2D eigenvalue weighted by Crippen LogP contribution is 2.23. The minimum absolute atomic E-state index is 0.433. The normalized spacial score (nSPS) is 10.9. The van der Waals surface area contributed by atoms with Gasteiger partial charge in [0.2, 0.25) is 5.91 Å². The van der Waals surface area contributed by atoms with Gasteiger partial charge in [0.25, 0.3) is 0 Å². The Kier molecular flexibility index (Phi) is 5.96. The van der Waals surface area contributed by atoms with Crippen molar-refractivity contribution >= 4 is 17.6 Å². The standard InChI is InChI=1S/C18H18N4O3/c1-12(17(23)22-18(24)20-2)21-14-5-9-16(10-6-14)25-15-7-3-13(11-19)4-8-15/h3-10,12,21H,1-2H3,(H2,20,22,23,24)/t12-/m1/s1. The van der Waals surface area contributed by atoms with E-state index in [0.29, 0.717) is 22.7 Å². The van der Waals surface area contributed by atoms with Gasteiger partial charge in [0.05, 0.1) is 11.6 Å². The first kappa shape index (κ1) is 17.8. The van der Waals surface area contributed by atoms with Crippen LogP contribution in [0.1, 0.15) is 12.5 Å². The Morgan fingerprint density at radius 3 is 2.12 bits per heavy atom. The Morgan fingerprint density at radius 2 is 1.60 bits per heavy atom. The molecule has 0 aliphatic carbocycles. The maximum atomic E-state index is 11.8. The number of carbonyl (C=O) groups is 2. The first-order chi connectivity index (χ1) is 12.0. The number of benzene rings is 2. The van der Waals surface area contributed by atoms with Gasteiger partial charge in [-0.2, -0.15) is 5.26 Å². The lowest BCUT2D eigenvalue weighted by Gasteiger charge is -2.15. The monoisotopic (exact) mass is 338 g/mol. The summed E-state index contributed by atoms with van der Waals surface area (Å²) in [6.07, 6.45) is 0. The Hall–Kier alpha value is -3.53. The lowest BCUT2D eigenvalue weighted by molar-refractivity contribution is -0.120. The summed E-state index contributed by atoms with van der Waals surface area (Å²) in [7, 11) is 1.44. The van der Waals surface area contributed by atoms with Crippen molar-refractivity contribution in [3.63, 3.8) is 0 Å². The fourth-order valence-corrected chi connectivity index (χ4v) is 1.95. The fraction of sp³-hybridized carbons (Fsp3) is 0.167. The second kappa shape index (κ2) is 8.36. The zero-order valence-corrected chi connectivity index (χ0v) is 13.9. The van der Waals surface area contributed by atoms with Crippen molar-refractivity contribution in [3.8, 4) is 17.6 Å². The van der Waals surface area contributed by atoms with Crippen LogP contribution in [-0.4, -0.2) is 25.0 Å². The summed E-state index contributed by atoms with van der Waals surface area (Å²) >= 11 is 0. The number of rotatable bonds is 5. The molecular formula is C18H18N4O3. The third-order valence-electron chi connectivity index (χ3n) is 3.31. The van der Waals surface area contributed by atoms with Crippen molar-refractivity contribution < 1.29 is 14.3 Å². The molecule has 0 bridgehead atoms. The number of imide groups is 1. The highest BCUT2D eigenvalue weighted by atomic mass is 16.5. The minimum atomic E-state index is -0.581. The molecule has 3 amide bonds. The highest BCUT2D eigenvalue weighted by Gasteiger charge is 2.14. The number of ether oxygens (including phenoxy) is 1. The van der Waals surface area contributed by atoms with Crippen LogP contribution in [0.5, 0.6) is 11.5 Å². The zero-order chi connectivity index (χ0) is 18.2. The van der Waals surface area contributed by atoms with Gasteiger partial charge >= 0.3 is 6.03 Å². The van der Waals surface area contributed by atoms with E-state index in [1.165, 1.54) is 7.05 Å². The molecule has 2 aromatic rings. The smallest absolute Gasteiger partial charge is 0.321 e. The van der Waals surface area contributed by atoms with Crippen molar-refractivity contribution in [1.29, 1.82) is 5.26 Å². The van der Waals surface area contributed by atoms with Gasteiger partial charge in [-0.3, -0.25) is 10.1 Å². The van der Waals surface area contributed by atoms with Crippen LogP contribution in [0.15, 0.2) is 48.5 Å². The van der Waals surface area contributed by atoms with Crippen LogP contribution in [0.2, 0.25) is 0 Å². The van der Waals surface area contributed by atoms with Crippen molar-refractivity contribution in [2.24, 2.45) is 0 Å². The minimum Gasteiger partial charge on any atom is -0.457 e. The molecule has 7 heteroatoms. The van der Waals surface area contributed by atoms with E-state index >= 15 is 0 Å². The van der Waals surface area contributed by atoms with Gasteiger partial charge in [0.1, 0.15) is 17.5 Å². The molecule has 0 saturated heterocycles. The van der Waals surface area contributed by atoms with Gasteiger partial charge in [-0.25, -0.2) is 4.79 Å². The first-order valence-electron chi connectivity index (χ1n) is 7.59. The summed E-state index contributed by atoms with van der Waals surface area (Å²) in [4.78, 5) is 22.9. The molecule has 0 aromatic heterocycles. The number of nitriles is 1. The first-order valence-corrected chi connectivity index (χ1v) is 7.59. The zero-order valence-electron chi connectivity index (χ0n) is 13.9. The van der Waals surface area contributed by atoms with Crippen molar-refractivity contribution in [3.05, 3.63) is 54.1 Å². The maximum absolute atomic E-state index is 11.8. The van der Waals surface area contributed by atoms with E-state index in [4.69, 9.17) is 10.00 Å². The van der Waals surface area contributed by atoms with Crippen LogP contribution in [0, 0.1) is 11.3 Å². The van der Waals surface area contributed by atoms with E-state index in [9.17, 15) is 9.59 Å². The van der Waals surface area contributed by atoms with Crippen LogP contribution >= 0.6 is 0 Å². The number of carbonyl (C=O) groups excluding carboxylic acids is 2. The van der Waals surface area contributed by atoms with Crippen molar-refractivity contribution in [2.75, 3.05) is 12.4 Å². The quantitative estimate of drug-likeness (QED) is 0.777. The number of amides is 3. The number of nitrogens with zero attached hydrogens (tertiary/aromatic N) is 1. The molecule has 1 atom stereocenters. The highest BCUT2D eigenvalue weighted by molar-refractivity contribution is 5.97. The average Bonchev–Trinajstić information content (AvgIpc) is 2.63. The molecule has 0 spiro atoms. The van der Waals surface area contributed by atoms with Gasteiger partial charge < -0.3 is 15.4 Å². The van der Waals surface area contributed by atoms with Crippen LogP contribution in [0.4, 0.5) is 10.5 Å². The molecule has 128 valence electrons. The molecule has 0 saturated carbocycles. The molecular weight excluding hydrogens is 320 g/mol. The molecule has 0 fully saturated rings. The van der Waals surface area contributed by atoms with Crippen LogP contribution in [0.25, 0.3) is 0 Å². The van der Waals surface area contributed by atoms with E-state index in [0.717, 1.165) is 0 Å². The molecule has 7 nitrogen and oxygen atoms in total. The summed E-state index contributed by atoms with van der Waals surface area (Å²) in [6, 6.07) is 14.7. The molecule has 0 heterocycles. The van der Waals surface area contributed by atoms with Gasteiger partial charge in [-0.05, 0) is 55.5 Å². The summed E-state index contributed by atoms with van der Waals surface area (Å²) in [5, 5.41) is 16.3. The second-order valence-electron chi connectivity index (χ2n) is 5.20. The number of urea groups is 1. The molecule has 3 N–H and O–H groups in total. The Bertz CT molecular complexity index is 779. The Balaban J connectivity index is 1.93. The molecule has 2 aromatic carbocycles. The number of anilines is 1. The van der Waals surface area contributed by atoms with Gasteiger partial charge in [-0.15, -0.1) is 0 Å².